The molecular formula is C7H14O5. The summed E-state index contributed by atoms with van der Waals surface area (Å²) < 4.78 is 9.55. The van der Waals surface area contributed by atoms with Crippen molar-refractivity contribution in [2.24, 2.45) is 0 Å². The first-order chi connectivity index (χ1) is 5.60. The minimum atomic E-state index is -1.03. The van der Waals surface area contributed by atoms with E-state index in [4.69, 9.17) is 19.7 Å². The Balaban J connectivity index is 3.65. The van der Waals surface area contributed by atoms with E-state index in [2.05, 4.69) is 0 Å². The van der Waals surface area contributed by atoms with Gasteiger partial charge in [-0.1, -0.05) is 0 Å². The summed E-state index contributed by atoms with van der Waals surface area (Å²) in [6, 6.07) is 0. The van der Waals surface area contributed by atoms with E-state index in [1.807, 2.05) is 0 Å². The molecule has 1 atom stereocenters. The standard InChI is InChI=1S/C7H14O5/c1-11-7(12-2)4-5(8)3-6(9)10/h5,7-8H,3-4H2,1-2H3,(H,9,10). The Labute approximate surface area is 70.9 Å². The van der Waals surface area contributed by atoms with Crippen LogP contribution in [0.1, 0.15) is 12.8 Å². The molecule has 0 aliphatic rings. The van der Waals surface area contributed by atoms with Crippen LogP contribution in [0.5, 0.6) is 0 Å². The van der Waals surface area contributed by atoms with Gasteiger partial charge in [0.1, 0.15) is 0 Å². The Morgan fingerprint density at radius 2 is 1.92 bits per heavy atom. The van der Waals surface area contributed by atoms with Gasteiger partial charge in [0, 0.05) is 20.6 Å². The van der Waals surface area contributed by atoms with Crippen LogP contribution in [0.2, 0.25) is 0 Å². The fourth-order valence-corrected chi connectivity index (χ4v) is 0.796. The average molecular weight is 178 g/mol. The van der Waals surface area contributed by atoms with E-state index < -0.39 is 18.4 Å². The molecule has 0 bridgehead atoms. The van der Waals surface area contributed by atoms with E-state index >= 15 is 0 Å². The lowest BCUT2D eigenvalue weighted by atomic mass is 10.2. The third-order valence-electron chi connectivity index (χ3n) is 1.40. The van der Waals surface area contributed by atoms with E-state index in [1.54, 1.807) is 0 Å². The van der Waals surface area contributed by atoms with Gasteiger partial charge in [0.25, 0.3) is 0 Å². The summed E-state index contributed by atoms with van der Waals surface area (Å²) in [5, 5.41) is 17.4. The van der Waals surface area contributed by atoms with E-state index in [0.717, 1.165) is 0 Å². The molecule has 0 fully saturated rings. The molecule has 12 heavy (non-hydrogen) atoms. The number of rotatable bonds is 6. The molecule has 0 saturated heterocycles. The zero-order chi connectivity index (χ0) is 9.56. The third kappa shape index (κ3) is 5.06. The van der Waals surface area contributed by atoms with Crippen molar-refractivity contribution in [3.05, 3.63) is 0 Å². The number of methoxy groups -OCH3 is 2. The predicted octanol–water partition coefficient (Wildman–Crippen LogP) is -0.169. The third-order valence-corrected chi connectivity index (χ3v) is 1.40. The van der Waals surface area contributed by atoms with Crippen molar-refractivity contribution in [1.29, 1.82) is 0 Å². The van der Waals surface area contributed by atoms with Crippen LogP contribution in [-0.2, 0) is 14.3 Å². The average Bonchev–Trinajstić information content (AvgIpc) is 1.98. The highest BCUT2D eigenvalue weighted by atomic mass is 16.7. The van der Waals surface area contributed by atoms with Gasteiger partial charge in [0.15, 0.2) is 6.29 Å². The summed E-state index contributed by atoms with van der Waals surface area (Å²) in [5.41, 5.74) is 0. The van der Waals surface area contributed by atoms with Crippen molar-refractivity contribution >= 4 is 5.97 Å². The van der Waals surface area contributed by atoms with Gasteiger partial charge >= 0.3 is 5.97 Å². The van der Waals surface area contributed by atoms with Gasteiger partial charge in [-0.2, -0.15) is 0 Å². The van der Waals surface area contributed by atoms with E-state index in [-0.39, 0.29) is 12.8 Å². The predicted molar refractivity (Wildman–Crippen MR) is 40.7 cm³/mol. The lowest BCUT2D eigenvalue weighted by Crippen LogP contribution is -2.23. The van der Waals surface area contributed by atoms with Crippen molar-refractivity contribution in [3.63, 3.8) is 0 Å². The first-order valence-corrected chi connectivity index (χ1v) is 3.55. The summed E-state index contributed by atoms with van der Waals surface area (Å²) in [6.07, 6.45) is -1.59. The molecule has 5 heteroatoms. The topological polar surface area (TPSA) is 76.0 Å². The van der Waals surface area contributed by atoms with Crippen LogP contribution in [0.4, 0.5) is 0 Å². The lowest BCUT2D eigenvalue weighted by molar-refractivity contribution is -0.144. The second-order valence-electron chi connectivity index (χ2n) is 2.39. The van der Waals surface area contributed by atoms with Gasteiger partial charge in [-0.3, -0.25) is 4.79 Å². The summed E-state index contributed by atoms with van der Waals surface area (Å²) in [4.78, 5) is 10.1. The molecule has 5 nitrogen and oxygen atoms in total. The summed E-state index contributed by atoms with van der Waals surface area (Å²) in [5.74, 6) is -1.03. The molecule has 0 radical (unpaired) electrons. The number of aliphatic carboxylic acids is 1. The number of aliphatic hydroxyl groups is 1. The van der Waals surface area contributed by atoms with Gasteiger partial charge < -0.3 is 19.7 Å². The van der Waals surface area contributed by atoms with Crippen LogP contribution in [0, 0.1) is 0 Å². The highest BCUT2D eigenvalue weighted by Crippen LogP contribution is 2.05. The molecule has 0 spiro atoms. The summed E-state index contributed by atoms with van der Waals surface area (Å²) in [7, 11) is 2.86. The molecule has 0 aromatic carbocycles. The minimum absolute atomic E-state index is 0.166. The normalized spacial score (nSPS) is 13.3. The van der Waals surface area contributed by atoms with Crippen LogP contribution in [0.3, 0.4) is 0 Å². The highest BCUT2D eigenvalue weighted by Gasteiger charge is 2.15. The van der Waals surface area contributed by atoms with Gasteiger partial charge in [-0.25, -0.2) is 0 Å². The monoisotopic (exact) mass is 178 g/mol. The van der Waals surface area contributed by atoms with E-state index in [1.165, 1.54) is 14.2 Å². The maximum Gasteiger partial charge on any atom is 0.305 e. The van der Waals surface area contributed by atoms with Crippen molar-refractivity contribution in [2.75, 3.05) is 14.2 Å². The van der Waals surface area contributed by atoms with Crippen LogP contribution < -0.4 is 0 Å². The largest absolute Gasteiger partial charge is 0.481 e. The van der Waals surface area contributed by atoms with Crippen LogP contribution in [0.25, 0.3) is 0 Å². The molecule has 2 N–H and O–H groups in total. The van der Waals surface area contributed by atoms with Crippen molar-refractivity contribution in [3.8, 4) is 0 Å². The van der Waals surface area contributed by atoms with Gasteiger partial charge in [0.05, 0.1) is 12.5 Å². The zero-order valence-electron chi connectivity index (χ0n) is 7.19. The van der Waals surface area contributed by atoms with Crippen LogP contribution >= 0.6 is 0 Å². The smallest absolute Gasteiger partial charge is 0.305 e. The van der Waals surface area contributed by atoms with Gasteiger partial charge in [-0.15, -0.1) is 0 Å². The molecule has 0 amide bonds. The number of aliphatic hydroxyl groups excluding tert-OH is 1. The maximum atomic E-state index is 10.1. The lowest BCUT2D eigenvalue weighted by Gasteiger charge is -2.15. The Kier molecular flexibility index (Phi) is 5.61. The first kappa shape index (κ1) is 11.4. The van der Waals surface area contributed by atoms with E-state index in [0.29, 0.717) is 0 Å². The molecule has 0 aliphatic carbocycles. The number of ether oxygens (including phenoxy) is 2. The second-order valence-corrected chi connectivity index (χ2v) is 2.39. The Hall–Kier alpha value is -0.650. The Bertz CT molecular complexity index is 132. The van der Waals surface area contributed by atoms with Gasteiger partial charge in [0.2, 0.25) is 0 Å². The molecule has 0 aromatic rings. The molecule has 0 heterocycles. The first-order valence-electron chi connectivity index (χ1n) is 3.55. The Morgan fingerprint density at radius 3 is 2.25 bits per heavy atom. The summed E-state index contributed by atoms with van der Waals surface area (Å²) in [6.45, 7) is 0. The number of carbonyl (C=O) groups is 1. The number of carboxylic acid groups (broad SMARTS) is 1. The number of hydrogen-bond donors (Lipinski definition) is 2. The highest BCUT2D eigenvalue weighted by molar-refractivity contribution is 5.67. The molecule has 0 aliphatic heterocycles. The molecule has 0 saturated carbocycles. The molecule has 0 rings (SSSR count). The van der Waals surface area contributed by atoms with Crippen molar-refractivity contribution in [1.82, 2.24) is 0 Å². The molecular weight excluding hydrogens is 164 g/mol. The molecule has 0 aromatic heterocycles. The van der Waals surface area contributed by atoms with Crippen LogP contribution in [-0.4, -0.2) is 42.8 Å². The fraction of sp³-hybridized carbons (Fsp3) is 0.857. The molecule has 1 unspecified atom stereocenters. The van der Waals surface area contributed by atoms with Crippen molar-refractivity contribution in [2.45, 2.75) is 25.2 Å². The van der Waals surface area contributed by atoms with E-state index in [9.17, 15) is 4.79 Å². The maximum absolute atomic E-state index is 10.1. The number of carboxylic acids is 1. The quantitative estimate of drug-likeness (QED) is 0.552. The Morgan fingerprint density at radius 1 is 1.42 bits per heavy atom. The minimum Gasteiger partial charge on any atom is -0.481 e. The van der Waals surface area contributed by atoms with Crippen molar-refractivity contribution < 1.29 is 24.5 Å². The second kappa shape index (κ2) is 5.93. The van der Waals surface area contributed by atoms with Gasteiger partial charge in [-0.05, 0) is 0 Å². The molecule has 72 valence electrons. The SMILES string of the molecule is COC(CC(O)CC(=O)O)OC. The fourth-order valence-electron chi connectivity index (χ4n) is 0.796. The summed E-state index contributed by atoms with van der Waals surface area (Å²) >= 11 is 0. The van der Waals surface area contributed by atoms with Crippen LogP contribution in [0.15, 0.2) is 0 Å². The number of hydrogen-bond acceptors (Lipinski definition) is 4. The zero-order valence-corrected chi connectivity index (χ0v) is 7.19.